The maximum absolute atomic E-state index is 12.8. The smallest absolute Gasteiger partial charge is 0.253 e. The second-order valence-corrected chi connectivity index (χ2v) is 10.7. The summed E-state index contributed by atoms with van der Waals surface area (Å²) < 4.78 is 32.4. The van der Waals surface area contributed by atoms with Crippen LogP contribution in [-0.2, 0) is 10.0 Å². The van der Waals surface area contributed by atoms with Crippen molar-refractivity contribution in [2.75, 3.05) is 26.2 Å². The van der Waals surface area contributed by atoms with Crippen molar-refractivity contribution in [1.82, 2.24) is 19.3 Å². The Morgan fingerprint density at radius 1 is 1.06 bits per heavy atom. The molecule has 0 unspecified atom stereocenters. The van der Waals surface area contributed by atoms with Gasteiger partial charge in [-0.2, -0.15) is 9.29 Å². The molecule has 1 amide bonds. The van der Waals surface area contributed by atoms with Gasteiger partial charge in [0.05, 0.1) is 15.7 Å². The van der Waals surface area contributed by atoms with Crippen LogP contribution in [0, 0.1) is 0 Å². The van der Waals surface area contributed by atoms with E-state index in [1.54, 1.807) is 28.4 Å². The molecule has 10 heteroatoms. The van der Waals surface area contributed by atoms with E-state index in [4.69, 9.17) is 4.52 Å². The molecule has 0 atom stereocenters. The molecule has 0 saturated carbocycles. The molecule has 4 heterocycles. The number of benzene rings is 1. The Morgan fingerprint density at radius 2 is 1.81 bits per heavy atom. The van der Waals surface area contributed by atoms with E-state index >= 15 is 0 Å². The van der Waals surface area contributed by atoms with Gasteiger partial charge < -0.3 is 9.42 Å². The summed E-state index contributed by atoms with van der Waals surface area (Å²) in [6.07, 6.45) is 2.84. The summed E-state index contributed by atoms with van der Waals surface area (Å²) in [7, 11) is -3.50. The molecule has 1 aromatic carbocycles. The van der Waals surface area contributed by atoms with Crippen LogP contribution in [0.1, 0.15) is 41.4 Å². The molecule has 2 fully saturated rings. The zero-order valence-electron chi connectivity index (χ0n) is 16.8. The summed E-state index contributed by atoms with van der Waals surface area (Å²) in [5.74, 6) is 0.996. The van der Waals surface area contributed by atoms with Crippen LogP contribution < -0.4 is 0 Å². The van der Waals surface area contributed by atoms with Gasteiger partial charge in [0, 0.05) is 31.7 Å². The van der Waals surface area contributed by atoms with Crippen LogP contribution >= 0.6 is 11.3 Å². The predicted molar refractivity (Wildman–Crippen MR) is 115 cm³/mol. The number of carbonyl (C=O) groups is 1. The highest BCUT2D eigenvalue weighted by Crippen LogP contribution is 2.30. The lowest BCUT2D eigenvalue weighted by molar-refractivity contribution is 0.0569. The predicted octanol–water partition coefficient (Wildman–Crippen LogP) is 3.21. The highest BCUT2D eigenvalue weighted by Gasteiger charge is 2.36. The number of thiophene rings is 1. The Kier molecular flexibility index (Phi) is 5.37. The van der Waals surface area contributed by atoms with Crippen molar-refractivity contribution in [2.45, 2.75) is 30.1 Å². The van der Waals surface area contributed by atoms with Gasteiger partial charge in [0.15, 0.2) is 0 Å². The quantitative estimate of drug-likeness (QED) is 0.582. The van der Waals surface area contributed by atoms with Gasteiger partial charge in [0.25, 0.3) is 5.91 Å². The first-order valence-corrected chi connectivity index (χ1v) is 12.6. The zero-order chi connectivity index (χ0) is 21.4. The monoisotopic (exact) mass is 458 g/mol. The van der Waals surface area contributed by atoms with E-state index < -0.39 is 10.0 Å². The third kappa shape index (κ3) is 3.90. The second-order valence-electron chi connectivity index (χ2n) is 7.83. The lowest BCUT2D eigenvalue weighted by atomic mass is 9.99. The molecule has 0 N–H and O–H groups in total. The molecule has 2 saturated heterocycles. The van der Waals surface area contributed by atoms with Crippen LogP contribution in [0.5, 0.6) is 0 Å². The Bertz CT molecular complexity index is 1160. The third-order valence-corrected chi connectivity index (χ3v) is 8.53. The number of hydrogen-bond acceptors (Lipinski definition) is 7. The largest absolute Gasteiger partial charge is 0.339 e. The van der Waals surface area contributed by atoms with Gasteiger partial charge in [-0.15, -0.1) is 11.3 Å². The summed E-state index contributed by atoms with van der Waals surface area (Å²) in [6.45, 7) is 2.11. The summed E-state index contributed by atoms with van der Waals surface area (Å²) in [6, 6.07) is 10.1. The molecule has 5 rings (SSSR count). The van der Waals surface area contributed by atoms with Gasteiger partial charge in [0.2, 0.25) is 21.7 Å². The van der Waals surface area contributed by atoms with Crippen LogP contribution in [-0.4, -0.2) is 59.8 Å². The number of carbonyl (C=O) groups excluding carboxylic acids is 1. The molecule has 31 heavy (non-hydrogen) atoms. The maximum Gasteiger partial charge on any atom is 0.253 e. The number of sulfonamides is 1. The van der Waals surface area contributed by atoms with Gasteiger partial charge >= 0.3 is 0 Å². The van der Waals surface area contributed by atoms with Crippen LogP contribution in [0.2, 0.25) is 0 Å². The molecule has 2 aliphatic heterocycles. The minimum atomic E-state index is -3.50. The van der Waals surface area contributed by atoms with Crippen molar-refractivity contribution in [3.63, 3.8) is 0 Å². The van der Waals surface area contributed by atoms with Gasteiger partial charge in [-0.1, -0.05) is 17.6 Å². The molecule has 162 valence electrons. The molecular formula is C21H22N4O4S2. The fourth-order valence-electron chi connectivity index (χ4n) is 3.91. The van der Waals surface area contributed by atoms with E-state index in [2.05, 4.69) is 10.1 Å². The summed E-state index contributed by atoms with van der Waals surface area (Å²) >= 11 is 1.55. The number of hydrogen-bond donors (Lipinski definition) is 0. The van der Waals surface area contributed by atoms with Crippen LogP contribution in [0.3, 0.4) is 0 Å². The van der Waals surface area contributed by atoms with E-state index in [1.807, 2.05) is 17.5 Å². The molecule has 2 aromatic heterocycles. The topological polar surface area (TPSA) is 96.6 Å². The molecule has 8 nitrogen and oxygen atoms in total. The number of amides is 1. The van der Waals surface area contributed by atoms with E-state index in [1.165, 1.54) is 16.4 Å². The first kappa shape index (κ1) is 20.3. The van der Waals surface area contributed by atoms with Gasteiger partial charge in [-0.25, -0.2) is 8.42 Å². The molecule has 0 aliphatic carbocycles. The zero-order valence-corrected chi connectivity index (χ0v) is 18.4. The van der Waals surface area contributed by atoms with Crippen molar-refractivity contribution in [3.05, 3.63) is 53.2 Å². The van der Waals surface area contributed by atoms with E-state index in [-0.39, 0.29) is 16.7 Å². The fraction of sp³-hybridized carbons (Fsp3) is 0.381. The summed E-state index contributed by atoms with van der Waals surface area (Å²) in [5, 5.41) is 5.98. The Hall–Kier alpha value is -2.56. The normalized spacial score (nSPS) is 18.1. The van der Waals surface area contributed by atoms with Crippen molar-refractivity contribution in [1.29, 1.82) is 0 Å². The number of nitrogens with zero attached hydrogens (tertiary/aromatic N) is 4. The average molecular weight is 459 g/mol. The SMILES string of the molecule is O=C(c1ccc(S(=O)(=O)N2CCCCC2)cc1)N1CC(c2nc(-c3cccs3)no2)C1. The molecule has 0 radical (unpaired) electrons. The number of piperidine rings is 1. The third-order valence-electron chi connectivity index (χ3n) is 5.76. The standard InChI is InChI=1S/C21H22N4O4S2/c26-21(15-6-8-17(9-7-15)31(27,28)25-10-2-1-3-11-25)24-13-16(14-24)20-22-19(23-29-20)18-5-4-12-30-18/h4-9,12,16H,1-3,10-11,13-14H2. The van der Waals surface area contributed by atoms with Crippen molar-refractivity contribution >= 4 is 27.3 Å². The molecule has 3 aromatic rings. The lowest BCUT2D eigenvalue weighted by Gasteiger charge is -2.37. The number of rotatable bonds is 5. The maximum atomic E-state index is 12.8. The highest BCUT2D eigenvalue weighted by atomic mass is 32.2. The van der Waals surface area contributed by atoms with Crippen LogP contribution in [0.25, 0.3) is 10.7 Å². The molecule has 0 spiro atoms. The molecular weight excluding hydrogens is 436 g/mol. The minimum absolute atomic E-state index is 0.0175. The average Bonchev–Trinajstić information content (AvgIpc) is 3.45. The summed E-state index contributed by atoms with van der Waals surface area (Å²) in [5.41, 5.74) is 0.473. The van der Waals surface area contributed by atoms with E-state index in [0.29, 0.717) is 43.5 Å². The number of aromatic nitrogens is 2. The Labute approximate surface area is 184 Å². The van der Waals surface area contributed by atoms with Gasteiger partial charge in [-0.3, -0.25) is 4.79 Å². The Morgan fingerprint density at radius 3 is 2.48 bits per heavy atom. The molecule has 0 bridgehead atoms. The van der Waals surface area contributed by atoms with Crippen LogP contribution in [0.4, 0.5) is 0 Å². The first-order chi connectivity index (χ1) is 15.0. The van der Waals surface area contributed by atoms with Gasteiger partial charge in [-0.05, 0) is 48.6 Å². The van der Waals surface area contributed by atoms with Gasteiger partial charge in [0.1, 0.15) is 0 Å². The highest BCUT2D eigenvalue weighted by molar-refractivity contribution is 7.89. The Balaban J connectivity index is 1.22. The van der Waals surface area contributed by atoms with Crippen molar-refractivity contribution < 1.29 is 17.7 Å². The lowest BCUT2D eigenvalue weighted by Crippen LogP contribution is -2.48. The van der Waals surface area contributed by atoms with Crippen LogP contribution in [0.15, 0.2) is 51.2 Å². The van der Waals surface area contributed by atoms with E-state index in [9.17, 15) is 13.2 Å². The van der Waals surface area contributed by atoms with Crippen molar-refractivity contribution in [2.24, 2.45) is 0 Å². The first-order valence-electron chi connectivity index (χ1n) is 10.3. The van der Waals surface area contributed by atoms with E-state index in [0.717, 1.165) is 24.1 Å². The van der Waals surface area contributed by atoms with Crippen molar-refractivity contribution in [3.8, 4) is 10.7 Å². The number of likely N-dealkylation sites (tertiary alicyclic amines) is 1. The minimum Gasteiger partial charge on any atom is -0.339 e. The second kappa shape index (κ2) is 8.18. The summed E-state index contributed by atoms with van der Waals surface area (Å²) in [4.78, 5) is 20.1. The molecule has 2 aliphatic rings. The fourth-order valence-corrected chi connectivity index (χ4v) is 6.08.